The molecular formula is C16H22N4. The van der Waals surface area contributed by atoms with Crippen LogP contribution in [0.4, 0.5) is 5.95 Å². The Hall–Kier alpha value is -1.94. The fourth-order valence-corrected chi connectivity index (χ4v) is 2.24. The third-order valence-corrected chi connectivity index (χ3v) is 3.46. The highest BCUT2D eigenvalue weighted by molar-refractivity contribution is 5.36. The topological polar surface area (TPSA) is 41.1 Å². The molecule has 0 spiro atoms. The van der Waals surface area contributed by atoms with Crippen molar-refractivity contribution in [2.45, 2.75) is 13.3 Å². The van der Waals surface area contributed by atoms with Crippen LogP contribution < -0.4 is 10.2 Å². The highest BCUT2D eigenvalue weighted by atomic mass is 15.3. The number of anilines is 1. The molecule has 0 atom stereocenters. The van der Waals surface area contributed by atoms with Crippen LogP contribution in [0.5, 0.6) is 0 Å². The lowest BCUT2D eigenvalue weighted by molar-refractivity contribution is 0.579. The predicted molar refractivity (Wildman–Crippen MR) is 84.0 cm³/mol. The van der Waals surface area contributed by atoms with Crippen LogP contribution in [-0.4, -0.2) is 36.1 Å². The molecule has 0 amide bonds. The van der Waals surface area contributed by atoms with Gasteiger partial charge < -0.3 is 10.2 Å². The molecule has 0 aliphatic carbocycles. The highest BCUT2D eigenvalue weighted by Gasteiger charge is 2.14. The minimum absolute atomic E-state index is 0.795. The number of hydrogen-bond acceptors (Lipinski definition) is 4. The summed E-state index contributed by atoms with van der Waals surface area (Å²) in [6, 6.07) is 0. The lowest BCUT2D eigenvalue weighted by Crippen LogP contribution is -2.44. The molecule has 20 heavy (non-hydrogen) atoms. The first kappa shape index (κ1) is 14.5. The zero-order valence-electron chi connectivity index (χ0n) is 12.1. The Kier molecular flexibility index (Phi) is 5.07. The standard InChI is InChI=1S/C16H22N4/c1-4-6-14(5-2)11-15-12-18-16(19-13(15)3)20-9-7-17-8-10-20/h4-6,12,17H,1-2,7-11H2,3H3/b14-6+. The number of nitrogens with zero attached hydrogens (tertiary/aromatic N) is 3. The maximum atomic E-state index is 4.64. The van der Waals surface area contributed by atoms with E-state index < -0.39 is 0 Å². The molecule has 1 N–H and O–H groups in total. The molecule has 106 valence electrons. The van der Waals surface area contributed by atoms with E-state index in [1.165, 1.54) is 0 Å². The first-order valence-electron chi connectivity index (χ1n) is 6.97. The number of aryl methyl sites for hydroxylation is 1. The van der Waals surface area contributed by atoms with E-state index in [9.17, 15) is 0 Å². The van der Waals surface area contributed by atoms with Crippen LogP contribution in [0.1, 0.15) is 11.3 Å². The largest absolute Gasteiger partial charge is 0.338 e. The van der Waals surface area contributed by atoms with Gasteiger partial charge >= 0.3 is 0 Å². The monoisotopic (exact) mass is 270 g/mol. The molecular weight excluding hydrogens is 248 g/mol. The molecule has 0 aromatic carbocycles. The molecule has 2 rings (SSSR count). The average molecular weight is 270 g/mol. The fourth-order valence-electron chi connectivity index (χ4n) is 2.24. The van der Waals surface area contributed by atoms with Gasteiger partial charge in [0.05, 0.1) is 0 Å². The molecule has 1 aromatic rings. The van der Waals surface area contributed by atoms with E-state index in [-0.39, 0.29) is 0 Å². The van der Waals surface area contributed by atoms with E-state index in [1.54, 1.807) is 6.08 Å². The summed E-state index contributed by atoms with van der Waals surface area (Å²) < 4.78 is 0. The van der Waals surface area contributed by atoms with Gasteiger partial charge in [0.25, 0.3) is 0 Å². The van der Waals surface area contributed by atoms with Crippen LogP contribution in [0.2, 0.25) is 0 Å². The van der Waals surface area contributed by atoms with Crippen molar-refractivity contribution in [2.75, 3.05) is 31.1 Å². The van der Waals surface area contributed by atoms with Gasteiger partial charge in [0.15, 0.2) is 0 Å². The van der Waals surface area contributed by atoms with E-state index >= 15 is 0 Å². The summed E-state index contributed by atoms with van der Waals surface area (Å²) in [5.41, 5.74) is 3.30. The Balaban J connectivity index is 2.14. The highest BCUT2D eigenvalue weighted by Crippen LogP contribution is 2.15. The van der Waals surface area contributed by atoms with Crippen LogP contribution in [0.25, 0.3) is 0 Å². The summed E-state index contributed by atoms with van der Waals surface area (Å²) in [4.78, 5) is 11.4. The van der Waals surface area contributed by atoms with Gasteiger partial charge in [-0.2, -0.15) is 0 Å². The van der Waals surface area contributed by atoms with Crippen molar-refractivity contribution in [3.8, 4) is 0 Å². The Morgan fingerprint density at radius 3 is 2.75 bits per heavy atom. The quantitative estimate of drug-likeness (QED) is 0.831. The molecule has 2 heterocycles. The molecule has 0 unspecified atom stereocenters. The normalized spacial score (nSPS) is 16.1. The minimum Gasteiger partial charge on any atom is -0.338 e. The van der Waals surface area contributed by atoms with Crippen LogP contribution in [0, 0.1) is 6.92 Å². The van der Waals surface area contributed by atoms with Gasteiger partial charge in [-0.05, 0) is 18.1 Å². The second-order valence-corrected chi connectivity index (χ2v) is 4.88. The zero-order chi connectivity index (χ0) is 14.4. The third kappa shape index (κ3) is 3.54. The van der Waals surface area contributed by atoms with Crippen LogP contribution in [0.3, 0.4) is 0 Å². The van der Waals surface area contributed by atoms with E-state index in [0.717, 1.165) is 55.4 Å². The summed E-state index contributed by atoms with van der Waals surface area (Å²) in [6.07, 6.45) is 8.33. The van der Waals surface area contributed by atoms with Crippen molar-refractivity contribution >= 4 is 5.95 Å². The number of aromatic nitrogens is 2. The molecule has 1 aliphatic heterocycles. The maximum Gasteiger partial charge on any atom is 0.225 e. The van der Waals surface area contributed by atoms with Gasteiger partial charge in [0.1, 0.15) is 0 Å². The summed E-state index contributed by atoms with van der Waals surface area (Å²) in [7, 11) is 0. The first-order chi connectivity index (χ1) is 9.74. The minimum atomic E-state index is 0.795. The van der Waals surface area contributed by atoms with Gasteiger partial charge in [-0.15, -0.1) is 0 Å². The van der Waals surface area contributed by atoms with Crippen LogP contribution >= 0.6 is 0 Å². The molecule has 1 aliphatic rings. The van der Waals surface area contributed by atoms with Gasteiger partial charge in [-0.25, -0.2) is 9.97 Å². The summed E-state index contributed by atoms with van der Waals surface area (Å²) in [6.45, 7) is 13.5. The number of rotatable bonds is 5. The molecule has 4 nitrogen and oxygen atoms in total. The van der Waals surface area contributed by atoms with Crippen molar-refractivity contribution in [3.05, 3.63) is 54.4 Å². The number of hydrogen-bond donors (Lipinski definition) is 1. The number of piperazine rings is 1. The molecule has 1 saturated heterocycles. The maximum absolute atomic E-state index is 4.64. The second-order valence-electron chi connectivity index (χ2n) is 4.88. The molecule has 0 bridgehead atoms. The third-order valence-electron chi connectivity index (χ3n) is 3.46. The van der Waals surface area contributed by atoms with Gasteiger partial charge in [-0.3, -0.25) is 0 Å². The van der Waals surface area contributed by atoms with E-state index in [2.05, 4.69) is 33.3 Å². The van der Waals surface area contributed by atoms with Gasteiger partial charge in [-0.1, -0.05) is 31.4 Å². The smallest absolute Gasteiger partial charge is 0.225 e. The zero-order valence-corrected chi connectivity index (χ0v) is 12.1. The summed E-state index contributed by atoms with van der Waals surface area (Å²) >= 11 is 0. The van der Waals surface area contributed by atoms with Crippen molar-refractivity contribution in [3.63, 3.8) is 0 Å². The molecule has 0 radical (unpaired) electrons. The fraction of sp³-hybridized carbons (Fsp3) is 0.375. The van der Waals surface area contributed by atoms with Crippen molar-refractivity contribution in [1.82, 2.24) is 15.3 Å². The Morgan fingerprint density at radius 2 is 2.15 bits per heavy atom. The lowest BCUT2D eigenvalue weighted by atomic mass is 10.1. The Morgan fingerprint density at radius 1 is 1.40 bits per heavy atom. The SMILES string of the molecule is C=C/C=C(\C=C)Cc1cnc(N2CCNCC2)nc1C. The predicted octanol–water partition coefficient (Wildman–Crippen LogP) is 2.04. The Bertz CT molecular complexity index is 513. The van der Waals surface area contributed by atoms with E-state index in [0.29, 0.717) is 0 Å². The first-order valence-corrected chi connectivity index (χ1v) is 6.97. The second kappa shape index (κ2) is 7.01. The van der Waals surface area contributed by atoms with Crippen molar-refractivity contribution in [1.29, 1.82) is 0 Å². The number of allylic oxidation sites excluding steroid dienone is 4. The van der Waals surface area contributed by atoms with Crippen LogP contribution in [-0.2, 0) is 6.42 Å². The molecule has 0 saturated carbocycles. The summed E-state index contributed by atoms with van der Waals surface area (Å²) in [5, 5.41) is 3.33. The van der Waals surface area contributed by atoms with E-state index in [4.69, 9.17) is 0 Å². The lowest BCUT2D eigenvalue weighted by Gasteiger charge is -2.27. The van der Waals surface area contributed by atoms with Crippen molar-refractivity contribution in [2.24, 2.45) is 0 Å². The van der Waals surface area contributed by atoms with Crippen LogP contribution in [0.15, 0.2) is 43.2 Å². The number of nitrogens with one attached hydrogen (secondary N) is 1. The molecule has 1 aromatic heterocycles. The van der Waals surface area contributed by atoms with Crippen molar-refractivity contribution < 1.29 is 0 Å². The van der Waals surface area contributed by atoms with Gasteiger partial charge in [0, 0.05) is 44.5 Å². The Labute approximate surface area is 120 Å². The average Bonchev–Trinajstić information content (AvgIpc) is 2.49. The summed E-state index contributed by atoms with van der Waals surface area (Å²) in [5.74, 6) is 0.834. The molecule has 4 heteroatoms. The molecule has 1 fully saturated rings. The van der Waals surface area contributed by atoms with Gasteiger partial charge in [0.2, 0.25) is 5.95 Å². The van der Waals surface area contributed by atoms with E-state index in [1.807, 2.05) is 25.3 Å².